The van der Waals surface area contributed by atoms with Crippen LogP contribution in [0.5, 0.6) is 0 Å². The largest absolute Gasteiger partial charge is 0.367 e. The van der Waals surface area contributed by atoms with E-state index in [1.807, 2.05) is 0 Å². The van der Waals surface area contributed by atoms with E-state index >= 15 is 0 Å². The van der Waals surface area contributed by atoms with Gasteiger partial charge in [0, 0.05) is 5.92 Å². The molecule has 1 aliphatic heterocycles. The zero-order valence-corrected chi connectivity index (χ0v) is 11.2. The molecule has 0 aromatic heterocycles. The van der Waals surface area contributed by atoms with Crippen molar-refractivity contribution in [1.29, 1.82) is 0 Å². The van der Waals surface area contributed by atoms with E-state index in [0.717, 1.165) is 0 Å². The summed E-state index contributed by atoms with van der Waals surface area (Å²) in [5.41, 5.74) is 1.99. The molecule has 96 valence electrons. The molecule has 2 fully saturated rings. The fraction of sp³-hybridized carbons (Fsp3) is 0.867. The van der Waals surface area contributed by atoms with E-state index in [0.29, 0.717) is 17.9 Å². The van der Waals surface area contributed by atoms with Crippen molar-refractivity contribution < 1.29 is 9.84 Å². The molecule has 17 heavy (non-hydrogen) atoms. The number of aliphatic hydroxyl groups is 1. The molecule has 2 nitrogen and oxygen atoms in total. The number of fused-ring (bicyclic) bond motifs is 3. The number of hydrogen-bond donors (Lipinski definition) is 1. The van der Waals surface area contributed by atoms with Crippen molar-refractivity contribution in [2.75, 3.05) is 6.61 Å². The normalized spacial score (nSPS) is 48.2. The Labute approximate surface area is 104 Å². The van der Waals surface area contributed by atoms with E-state index in [2.05, 4.69) is 26.8 Å². The quantitative estimate of drug-likeness (QED) is 0.655. The lowest BCUT2D eigenvalue weighted by molar-refractivity contribution is -0.139. The van der Waals surface area contributed by atoms with Gasteiger partial charge in [0.1, 0.15) is 0 Å². The second-order valence-corrected chi connectivity index (χ2v) is 7.09. The molecule has 0 radical (unpaired) electrons. The van der Waals surface area contributed by atoms with Crippen molar-refractivity contribution >= 4 is 0 Å². The first-order valence-corrected chi connectivity index (χ1v) is 6.94. The Morgan fingerprint density at radius 1 is 1.29 bits per heavy atom. The maximum atomic E-state index is 10.1. The van der Waals surface area contributed by atoms with Crippen LogP contribution in [0.1, 0.15) is 46.5 Å². The van der Waals surface area contributed by atoms with Gasteiger partial charge in [-0.1, -0.05) is 33.3 Å². The third-order valence-electron chi connectivity index (χ3n) is 5.71. The van der Waals surface area contributed by atoms with Crippen molar-refractivity contribution in [2.45, 2.75) is 52.7 Å². The minimum absolute atomic E-state index is 0.238. The first kappa shape index (κ1) is 11.7. The van der Waals surface area contributed by atoms with Crippen molar-refractivity contribution in [3.8, 4) is 0 Å². The third kappa shape index (κ3) is 1.53. The lowest BCUT2D eigenvalue weighted by Gasteiger charge is -2.56. The summed E-state index contributed by atoms with van der Waals surface area (Å²) in [5, 5.41) is 10.1. The molecular weight excluding hydrogens is 212 g/mol. The Morgan fingerprint density at radius 2 is 2.06 bits per heavy atom. The second kappa shape index (κ2) is 3.58. The number of ether oxygens (including phenoxy) is 1. The summed E-state index contributed by atoms with van der Waals surface area (Å²) >= 11 is 0. The molecule has 3 rings (SSSR count). The van der Waals surface area contributed by atoms with Gasteiger partial charge in [0.25, 0.3) is 0 Å². The van der Waals surface area contributed by atoms with Crippen molar-refractivity contribution in [2.24, 2.45) is 22.7 Å². The van der Waals surface area contributed by atoms with E-state index < -0.39 is 6.29 Å². The monoisotopic (exact) mass is 236 g/mol. The van der Waals surface area contributed by atoms with Crippen LogP contribution in [0.4, 0.5) is 0 Å². The zero-order chi connectivity index (χ0) is 12.3. The molecule has 0 aromatic rings. The van der Waals surface area contributed by atoms with Crippen LogP contribution >= 0.6 is 0 Å². The first-order valence-electron chi connectivity index (χ1n) is 6.94. The van der Waals surface area contributed by atoms with Gasteiger partial charge in [-0.15, -0.1) is 0 Å². The van der Waals surface area contributed by atoms with Crippen LogP contribution in [0.3, 0.4) is 0 Å². The van der Waals surface area contributed by atoms with Gasteiger partial charge in [-0.25, -0.2) is 0 Å². The molecule has 0 bridgehead atoms. The summed E-state index contributed by atoms with van der Waals surface area (Å²) < 4.78 is 5.47. The van der Waals surface area contributed by atoms with Crippen LogP contribution in [0, 0.1) is 22.7 Å². The predicted octanol–water partition coefficient (Wildman–Crippen LogP) is 3.11. The fourth-order valence-electron chi connectivity index (χ4n) is 4.88. The van der Waals surface area contributed by atoms with Gasteiger partial charge in [-0.3, -0.25) is 0 Å². The van der Waals surface area contributed by atoms with Crippen LogP contribution < -0.4 is 0 Å². The maximum absolute atomic E-state index is 10.1. The Bertz CT molecular complexity index is 358. The van der Waals surface area contributed by atoms with Crippen LogP contribution in [0.2, 0.25) is 0 Å². The standard InChI is InChI=1S/C15H24O2/c1-14(2)7-4-8-15(3)11(14)6-5-10-9-17-13(16)12(10)15/h5,11-13,16H,4,6-9H2,1-3H3/t11-,12+,13+,15-/m0/s1. The molecule has 3 aliphatic rings. The Hall–Kier alpha value is -0.340. The highest BCUT2D eigenvalue weighted by Crippen LogP contribution is 2.61. The van der Waals surface area contributed by atoms with Gasteiger partial charge in [-0.05, 0) is 41.6 Å². The van der Waals surface area contributed by atoms with E-state index in [4.69, 9.17) is 4.74 Å². The van der Waals surface area contributed by atoms with Gasteiger partial charge in [0.05, 0.1) is 6.61 Å². The summed E-state index contributed by atoms with van der Waals surface area (Å²) in [6.07, 6.45) is 6.80. The van der Waals surface area contributed by atoms with Gasteiger partial charge in [0.15, 0.2) is 6.29 Å². The zero-order valence-electron chi connectivity index (χ0n) is 11.2. The lowest BCUT2D eigenvalue weighted by Crippen LogP contribution is -2.50. The summed E-state index contributed by atoms with van der Waals surface area (Å²) in [6.45, 7) is 7.83. The SMILES string of the molecule is CC1(C)CCC[C@]2(C)[C@@H]3C(=CC[C@@H]12)CO[C@H]3O. The number of aliphatic hydroxyl groups excluding tert-OH is 1. The highest BCUT2D eigenvalue weighted by Gasteiger charge is 2.56. The molecule has 1 saturated heterocycles. The maximum Gasteiger partial charge on any atom is 0.162 e. The molecule has 1 saturated carbocycles. The van der Waals surface area contributed by atoms with Crippen molar-refractivity contribution in [3.05, 3.63) is 11.6 Å². The number of allylic oxidation sites excluding steroid dienone is 1. The topological polar surface area (TPSA) is 29.5 Å². The van der Waals surface area contributed by atoms with Gasteiger partial charge in [-0.2, -0.15) is 0 Å². The Morgan fingerprint density at radius 3 is 2.82 bits per heavy atom. The van der Waals surface area contributed by atoms with Crippen LogP contribution in [0.25, 0.3) is 0 Å². The average molecular weight is 236 g/mol. The van der Waals surface area contributed by atoms with E-state index in [9.17, 15) is 5.11 Å². The summed E-state index contributed by atoms with van der Waals surface area (Å²) in [5.74, 6) is 0.940. The minimum atomic E-state index is -0.567. The number of hydrogen-bond acceptors (Lipinski definition) is 2. The minimum Gasteiger partial charge on any atom is -0.367 e. The summed E-state index contributed by atoms with van der Waals surface area (Å²) in [6, 6.07) is 0. The first-order chi connectivity index (χ1) is 7.95. The van der Waals surface area contributed by atoms with Gasteiger partial charge >= 0.3 is 0 Å². The average Bonchev–Trinajstić information content (AvgIpc) is 2.60. The molecule has 4 atom stereocenters. The Kier molecular flexibility index (Phi) is 2.47. The summed E-state index contributed by atoms with van der Waals surface area (Å²) in [7, 11) is 0. The highest BCUT2D eigenvalue weighted by atomic mass is 16.6. The fourth-order valence-corrected chi connectivity index (χ4v) is 4.88. The van der Waals surface area contributed by atoms with Crippen LogP contribution in [-0.4, -0.2) is 18.0 Å². The molecule has 0 amide bonds. The molecule has 2 heteroatoms. The molecule has 2 aliphatic carbocycles. The van der Waals surface area contributed by atoms with Gasteiger partial charge in [0.2, 0.25) is 0 Å². The van der Waals surface area contributed by atoms with Crippen molar-refractivity contribution in [1.82, 2.24) is 0 Å². The van der Waals surface area contributed by atoms with E-state index in [1.165, 1.54) is 31.3 Å². The smallest absolute Gasteiger partial charge is 0.162 e. The number of rotatable bonds is 0. The van der Waals surface area contributed by atoms with E-state index in [1.54, 1.807) is 0 Å². The lowest BCUT2D eigenvalue weighted by atomic mass is 9.49. The molecule has 1 N–H and O–H groups in total. The molecule has 0 unspecified atom stereocenters. The highest BCUT2D eigenvalue weighted by molar-refractivity contribution is 5.23. The molecule has 1 heterocycles. The third-order valence-corrected chi connectivity index (χ3v) is 5.71. The molecule has 0 aromatic carbocycles. The van der Waals surface area contributed by atoms with E-state index in [-0.39, 0.29) is 11.3 Å². The van der Waals surface area contributed by atoms with Crippen molar-refractivity contribution in [3.63, 3.8) is 0 Å². The predicted molar refractivity (Wildman–Crippen MR) is 67.4 cm³/mol. The molecular formula is C15H24O2. The second-order valence-electron chi connectivity index (χ2n) is 7.09. The van der Waals surface area contributed by atoms with Crippen LogP contribution in [0.15, 0.2) is 11.6 Å². The van der Waals surface area contributed by atoms with Gasteiger partial charge < -0.3 is 9.84 Å². The van der Waals surface area contributed by atoms with Crippen LogP contribution in [-0.2, 0) is 4.74 Å². The summed E-state index contributed by atoms with van der Waals surface area (Å²) in [4.78, 5) is 0. The molecule has 0 spiro atoms. The Balaban J connectivity index is 2.02.